The van der Waals surface area contributed by atoms with E-state index in [1.807, 2.05) is 0 Å². The molecular formula is C23H26N2O6S. The Labute approximate surface area is 187 Å². The number of nitrogens with one attached hydrogen (secondary N) is 1. The average molecular weight is 459 g/mol. The molecule has 170 valence electrons. The third-order valence-corrected chi connectivity index (χ3v) is 7.21. The molecule has 32 heavy (non-hydrogen) atoms. The SMILES string of the molecule is CC(=O)c1ccc(NC(=O)[C@H](C)OC(=O)c2ccccc2S(=O)(=O)N2CCCCC2)cc1. The maximum atomic E-state index is 13.1. The molecule has 0 bridgehead atoms. The Hall–Kier alpha value is -3.04. The maximum Gasteiger partial charge on any atom is 0.340 e. The Morgan fingerprint density at radius 3 is 2.22 bits per heavy atom. The molecule has 2 aromatic rings. The van der Waals surface area contributed by atoms with Crippen LogP contribution in [0, 0.1) is 0 Å². The van der Waals surface area contributed by atoms with E-state index in [1.54, 1.807) is 36.4 Å². The Kier molecular flexibility index (Phi) is 7.42. The molecule has 0 aromatic heterocycles. The summed E-state index contributed by atoms with van der Waals surface area (Å²) < 4.78 is 32.8. The predicted molar refractivity (Wildman–Crippen MR) is 119 cm³/mol. The van der Waals surface area contributed by atoms with Gasteiger partial charge in [0.25, 0.3) is 5.91 Å². The van der Waals surface area contributed by atoms with Crippen molar-refractivity contribution < 1.29 is 27.5 Å². The number of ketones is 1. The van der Waals surface area contributed by atoms with E-state index in [2.05, 4.69) is 5.32 Å². The largest absolute Gasteiger partial charge is 0.449 e. The number of carbonyl (C=O) groups is 3. The fraction of sp³-hybridized carbons (Fsp3) is 0.348. The number of hydrogen-bond donors (Lipinski definition) is 1. The molecular weight excluding hydrogens is 432 g/mol. The summed E-state index contributed by atoms with van der Waals surface area (Å²) in [4.78, 5) is 36.4. The lowest BCUT2D eigenvalue weighted by molar-refractivity contribution is -0.123. The van der Waals surface area contributed by atoms with E-state index in [9.17, 15) is 22.8 Å². The highest BCUT2D eigenvalue weighted by Gasteiger charge is 2.31. The van der Waals surface area contributed by atoms with Gasteiger partial charge in [0.2, 0.25) is 10.0 Å². The van der Waals surface area contributed by atoms with Crippen LogP contribution in [0.4, 0.5) is 5.69 Å². The molecule has 0 unspecified atom stereocenters. The van der Waals surface area contributed by atoms with Crippen molar-refractivity contribution in [3.8, 4) is 0 Å². The number of carbonyl (C=O) groups excluding carboxylic acids is 3. The molecule has 1 fully saturated rings. The topological polar surface area (TPSA) is 110 Å². The standard InChI is InChI=1S/C23H26N2O6S/c1-16(26)18-10-12-19(13-11-18)24-22(27)17(2)31-23(28)20-8-4-5-9-21(20)32(29,30)25-14-6-3-7-15-25/h4-5,8-13,17H,3,6-7,14-15H2,1-2H3,(H,24,27)/t17-/m0/s1. The molecule has 3 rings (SSSR count). The molecule has 1 N–H and O–H groups in total. The van der Waals surface area contributed by atoms with Gasteiger partial charge in [-0.3, -0.25) is 9.59 Å². The zero-order chi connectivity index (χ0) is 23.3. The Balaban J connectivity index is 1.71. The first-order valence-electron chi connectivity index (χ1n) is 10.4. The average Bonchev–Trinajstić information content (AvgIpc) is 2.80. The van der Waals surface area contributed by atoms with Gasteiger partial charge in [-0.1, -0.05) is 18.6 Å². The number of benzene rings is 2. The normalized spacial score (nSPS) is 15.6. The van der Waals surface area contributed by atoms with Crippen LogP contribution in [0.25, 0.3) is 0 Å². The Bertz CT molecular complexity index is 1110. The van der Waals surface area contributed by atoms with Crippen molar-refractivity contribution in [2.24, 2.45) is 0 Å². The number of nitrogens with zero attached hydrogens (tertiary/aromatic N) is 1. The number of esters is 1. The molecule has 1 atom stereocenters. The number of sulfonamides is 1. The van der Waals surface area contributed by atoms with Gasteiger partial charge in [-0.05, 0) is 63.1 Å². The van der Waals surface area contributed by atoms with Gasteiger partial charge in [0.15, 0.2) is 11.9 Å². The molecule has 8 nitrogen and oxygen atoms in total. The van der Waals surface area contributed by atoms with Crippen LogP contribution in [-0.4, -0.2) is 49.6 Å². The third kappa shape index (κ3) is 5.41. The molecule has 1 heterocycles. The van der Waals surface area contributed by atoms with Crippen LogP contribution in [0.1, 0.15) is 53.8 Å². The minimum atomic E-state index is -3.85. The Morgan fingerprint density at radius 1 is 0.969 bits per heavy atom. The second-order valence-corrected chi connectivity index (χ2v) is 9.54. The number of Topliss-reactive ketones (excluding diaryl/α,β-unsaturated/α-hetero) is 1. The highest BCUT2D eigenvalue weighted by atomic mass is 32.2. The van der Waals surface area contributed by atoms with Crippen LogP contribution < -0.4 is 5.32 Å². The van der Waals surface area contributed by atoms with Crippen molar-refractivity contribution in [3.05, 3.63) is 59.7 Å². The van der Waals surface area contributed by atoms with Crippen LogP contribution in [0.3, 0.4) is 0 Å². The first-order chi connectivity index (χ1) is 15.2. The second kappa shape index (κ2) is 10.1. The van der Waals surface area contributed by atoms with Crippen molar-refractivity contribution in [1.29, 1.82) is 0 Å². The molecule has 1 saturated heterocycles. The van der Waals surface area contributed by atoms with Gasteiger partial charge in [0, 0.05) is 24.3 Å². The van der Waals surface area contributed by atoms with E-state index >= 15 is 0 Å². The number of ether oxygens (including phenoxy) is 1. The molecule has 9 heteroatoms. The predicted octanol–water partition coefficient (Wildman–Crippen LogP) is 3.25. The number of hydrogen-bond acceptors (Lipinski definition) is 6. The number of rotatable bonds is 7. The van der Waals surface area contributed by atoms with E-state index in [4.69, 9.17) is 4.74 Å². The summed E-state index contributed by atoms with van der Waals surface area (Å²) >= 11 is 0. The van der Waals surface area contributed by atoms with Crippen molar-refractivity contribution >= 4 is 33.4 Å². The highest BCUT2D eigenvalue weighted by Crippen LogP contribution is 2.24. The van der Waals surface area contributed by atoms with Crippen LogP contribution in [0.15, 0.2) is 53.4 Å². The zero-order valence-corrected chi connectivity index (χ0v) is 18.9. The van der Waals surface area contributed by atoms with Crippen molar-refractivity contribution in [2.75, 3.05) is 18.4 Å². The van der Waals surface area contributed by atoms with Gasteiger partial charge in [0.1, 0.15) is 0 Å². The fourth-order valence-corrected chi connectivity index (χ4v) is 5.11. The third-order valence-electron chi connectivity index (χ3n) is 5.25. The summed E-state index contributed by atoms with van der Waals surface area (Å²) in [5.74, 6) is -1.57. The lowest BCUT2D eigenvalue weighted by Gasteiger charge is -2.26. The van der Waals surface area contributed by atoms with Crippen LogP contribution in [0.2, 0.25) is 0 Å². The summed E-state index contributed by atoms with van der Waals surface area (Å²) in [6.07, 6.45) is 1.35. The molecule has 0 aliphatic carbocycles. The number of anilines is 1. The van der Waals surface area contributed by atoms with Crippen molar-refractivity contribution in [3.63, 3.8) is 0 Å². The lowest BCUT2D eigenvalue weighted by Crippen LogP contribution is -2.36. The lowest BCUT2D eigenvalue weighted by atomic mass is 10.1. The van der Waals surface area contributed by atoms with Gasteiger partial charge in [-0.15, -0.1) is 0 Å². The molecule has 0 saturated carbocycles. The van der Waals surface area contributed by atoms with Crippen molar-refractivity contribution in [1.82, 2.24) is 4.31 Å². The maximum absolute atomic E-state index is 13.1. The quantitative estimate of drug-likeness (QED) is 0.504. The van der Waals surface area contributed by atoms with E-state index in [0.717, 1.165) is 19.3 Å². The van der Waals surface area contributed by atoms with E-state index in [-0.39, 0.29) is 16.2 Å². The zero-order valence-electron chi connectivity index (χ0n) is 18.0. The molecule has 1 amide bonds. The molecule has 0 radical (unpaired) electrons. The van der Waals surface area contributed by atoms with Crippen LogP contribution in [-0.2, 0) is 19.6 Å². The minimum absolute atomic E-state index is 0.0941. The first kappa shape index (κ1) is 23.6. The molecule has 1 aliphatic heterocycles. The van der Waals surface area contributed by atoms with Gasteiger partial charge in [-0.25, -0.2) is 13.2 Å². The van der Waals surface area contributed by atoms with Gasteiger partial charge < -0.3 is 10.1 Å². The summed E-state index contributed by atoms with van der Waals surface area (Å²) in [5, 5.41) is 2.61. The van der Waals surface area contributed by atoms with Gasteiger partial charge in [-0.2, -0.15) is 4.31 Å². The van der Waals surface area contributed by atoms with Crippen LogP contribution in [0.5, 0.6) is 0 Å². The number of amides is 1. The highest BCUT2D eigenvalue weighted by molar-refractivity contribution is 7.89. The summed E-state index contributed by atoms with van der Waals surface area (Å²) in [7, 11) is -3.85. The number of piperidine rings is 1. The van der Waals surface area contributed by atoms with Gasteiger partial charge >= 0.3 is 5.97 Å². The summed E-state index contributed by atoms with van der Waals surface area (Å²) in [6.45, 7) is 3.66. The first-order valence-corrected chi connectivity index (χ1v) is 11.9. The molecule has 1 aliphatic rings. The van der Waals surface area contributed by atoms with Crippen molar-refractivity contribution in [2.45, 2.75) is 44.1 Å². The van der Waals surface area contributed by atoms with Gasteiger partial charge in [0.05, 0.1) is 10.5 Å². The monoisotopic (exact) mass is 458 g/mol. The second-order valence-electron chi connectivity index (χ2n) is 7.63. The summed E-state index contributed by atoms with van der Waals surface area (Å²) in [5.41, 5.74) is 0.841. The van der Waals surface area contributed by atoms with Crippen LogP contribution >= 0.6 is 0 Å². The van der Waals surface area contributed by atoms with E-state index in [0.29, 0.717) is 24.3 Å². The summed E-state index contributed by atoms with van der Waals surface area (Å²) in [6, 6.07) is 12.2. The van der Waals surface area contributed by atoms with E-state index < -0.39 is 28.0 Å². The Morgan fingerprint density at radius 2 is 1.59 bits per heavy atom. The fourth-order valence-electron chi connectivity index (χ4n) is 3.41. The van der Waals surface area contributed by atoms with E-state index in [1.165, 1.54) is 30.3 Å². The smallest absolute Gasteiger partial charge is 0.340 e. The minimum Gasteiger partial charge on any atom is -0.449 e. The molecule has 2 aromatic carbocycles. The molecule has 0 spiro atoms.